The minimum absolute atomic E-state index is 0.187. The lowest BCUT2D eigenvalue weighted by Gasteiger charge is -2.29. The smallest absolute Gasteiger partial charge is 0.122 e. The van der Waals surface area contributed by atoms with E-state index in [9.17, 15) is 5.11 Å². The van der Waals surface area contributed by atoms with Crippen molar-refractivity contribution >= 4 is 11.3 Å². The molecule has 3 heteroatoms. The lowest BCUT2D eigenvalue weighted by molar-refractivity contribution is 0.117. The molecule has 1 aromatic heterocycles. The number of hydrogen-bond donors (Lipinski definition) is 1. The molecule has 3 rings (SSSR count). The van der Waals surface area contributed by atoms with Crippen molar-refractivity contribution in [2.75, 3.05) is 6.61 Å². The van der Waals surface area contributed by atoms with Crippen molar-refractivity contribution < 1.29 is 9.84 Å². The molecule has 1 N–H and O–H groups in total. The minimum Gasteiger partial charge on any atom is -0.493 e. The van der Waals surface area contributed by atoms with Gasteiger partial charge in [0.05, 0.1) is 12.7 Å². The van der Waals surface area contributed by atoms with Crippen LogP contribution in [0.1, 0.15) is 34.6 Å². The van der Waals surface area contributed by atoms with Crippen LogP contribution in [0.15, 0.2) is 36.4 Å². The van der Waals surface area contributed by atoms with Gasteiger partial charge in [-0.25, -0.2) is 0 Å². The van der Waals surface area contributed by atoms with E-state index in [2.05, 4.69) is 25.1 Å². The molecule has 20 heavy (non-hydrogen) atoms. The number of aliphatic hydroxyl groups is 1. The Balaban J connectivity index is 1.76. The number of aryl methyl sites for hydroxylation is 1. The Morgan fingerprint density at radius 1 is 1.25 bits per heavy atom. The molecular weight excluding hydrogens is 268 g/mol. The summed E-state index contributed by atoms with van der Waals surface area (Å²) in [6.07, 6.45) is 2.37. The maximum absolute atomic E-state index is 10.6. The van der Waals surface area contributed by atoms with Gasteiger partial charge in [-0.3, -0.25) is 0 Å². The summed E-state index contributed by atoms with van der Waals surface area (Å²) in [5, 5.41) is 10.6. The van der Waals surface area contributed by atoms with Crippen molar-refractivity contribution in [3.8, 4) is 5.75 Å². The second-order valence-corrected chi connectivity index (χ2v) is 6.53. The van der Waals surface area contributed by atoms with E-state index in [1.54, 1.807) is 0 Å². The van der Waals surface area contributed by atoms with Crippen LogP contribution in [0, 0.1) is 0 Å². The molecule has 0 saturated heterocycles. The third kappa shape index (κ3) is 2.74. The second-order valence-electron chi connectivity index (χ2n) is 5.27. The maximum Gasteiger partial charge on any atom is 0.122 e. The zero-order valence-corrected chi connectivity index (χ0v) is 12.5. The van der Waals surface area contributed by atoms with Gasteiger partial charge in [-0.15, -0.1) is 11.3 Å². The van der Waals surface area contributed by atoms with E-state index in [1.807, 2.05) is 29.5 Å². The van der Waals surface area contributed by atoms with Crippen LogP contribution in [0.3, 0.4) is 0 Å². The van der Waals surface area contributed by atoms with E-state index in [0.717, 1.165) is 30.6 Å². The van der Waals surface area contributed by atoms with Crippen molar-refractivity contribution in [2.24, 2.45) is 0 Å². The molecule has 2 unspecified atom stereocenters. The normalized spacial score (nSPS) is 19.2. The Bertz CT molecular complexity index is 576. The van der Waals surface area contributed by atoms with Crippen LogP contribution in [0.2, 0.25) is 0 Å². The highest BCUT2D eigenvalue weighted by Gasteiger charge is 2.27. The number of benzene rings is 1. The summed E-state index contributed by atoms with van der Waals surface area (Å²) >= 11 is 1.82. The summed E-state index contributed by atoms with van der Waals surface area (Å²) in [5.74, 6) is 1.12. The Morgan fingerprint density at radius 3 is 2.85 bits per heavy atom. The molecule has 0 fully saturated rings. The summed E-state index contributed by atoms with van der Waals surface area (Å²) in [5.41, 5.74) is 1.15. The molecule has 106 valence electrons. The zero-order valence-electron chi connectivity index (χ0n) is 11.7. The summed E-state index contributed by atoms with van der Waals surface area (Å²) < 4.78 is 5.67. The molecule has 2 aromatic rings. The van der Waals surface area contributed by atoms with E-state index in [0.29, 0.717) is 6.61 Å². The number of ether oxygens (including phenoxy) is 1. The van der Waals surface area contributed by atoms with Crippen LogP contribution in [-0.4, -0.2) is 17.8 Å². The first-order valence-corrected chi connectivity index (χ1v) is 8.07. The van der Waals surface area contributed by atoms with Gasteiger partial charge in [0.15, 0.2) is 0 Å². The lowest BCUT2D eigenvalue weighted by Crippen LogP contribution is -2.26. The van der Waals surface area contributed by atoms with Gasteiger partial charge in [-0.05, 0) is 36.6 Å². The molecule has 2 heterocycles. The van der Waals surface area contributed by atoms with Crippen LogP contribution in [-0.2, 0) is 12.8 Å². The topological polar surface area (TPSA) is 29.5 Å². The largest absolute Gasteiger partial charge is 0.493 e. The summed E-state index contributed by atoms with van der Waals surface area (Å²) in [4.78, 5) is 2.66. The number of rotatable bonds is 4. The highest BCUT2D eigenvalue weighted by molar-refractivity contribution is 7.11. The molecule has 0 radical (unpaired) electrons. The third-order valence-corrected chi connectivity index (χ3v) is 5.20. The first kappa shape index (κ1) is 13.7. The van der Waals surface area contributed by atoms with Gasteiger partial charge in [-0.1, -0.05) is 25.1 Å². The fraction of sp³-hybridized carbons (Fsp3) is 0.412. The summed E-state index contributed by atoms with van der Waals surface area (Å²) in [7, 11) is 0. The average molecular weight is 288 g/mol. The van der Waals surface area contributed by atoms with Crippen molar-refractivity contribution in [1.29, 1.82) is 0 Å². The fourth-order valence-electron chi connectivity index (χ4n) is 2.84. The monoisotopic (exact) mass is 288 g/mol. The van der Waals surface area contributed by atoms with Crippen molar-refractivity contribution in [3.05, 3.63) is 51.7 Å². The number of hydrogen-bond acceptors (Lipinski definition) is 3. The fourth-order valence-corrected chi connectivity index (χ4v) is 3.85. The predicted octanol–water partition coefficient (Wildman–Crippen LogP) is 3.78. The number of para-hydroxylation sites is 1. The van der Waals surface area contributed by atoms with Gasteiger partial charge in [0.25, 0.3) is 0 Å². The number of fused-ring (bicyclic) bond motifs is 1. The van der Waals surface area contributed by atoms with Gasteiger partial charge in [-0.2, -0.15) is 0 Å². The molecular formula is C17H20O2S. The lowest BCUT2D eigenvalue weighted by atomic mass is 9.86. The van der Waals surface area contributed by atoms with Crippen LogP contribution in [0.4, 0.5) is 0 Å². The van der Waals surface area contributed by atoms with Crippen molar-refractivity contribution in [1.82, 2.24) is 0 Å². The van der Waals surface area contributed by atoms with Gasteiger partial charge in [0.2, 0.25) is 0 Å². The molecule has 0 aliphatic carbocycles. The first-order chi connectivity index (χ1) is 9.78. The molecule has 2 atom stereocenters. The van der Waals surface area contributed by atoms with Crippen LogP contribution < -0.4 is 4.74 Å². The average Bonchev–Trinajstić information content (AvgIpc) is 2.94. The van der Waals surface area contributed by atoms with Gasteiger partial charge < -0.3 is 9.84 Å². The molecule has 2 nitrogen and oxygen atoms in total. The molecule has 0 bridgehead atoms. The van der Waals surface area contributed by atoms with Gasteiger partial charge >= 0.3 is 0 Å². The minimum atomic E-state index is -0.330. The SMILES string of the molecule is CCc1ccc(CC(O)C2CCOc3ccccc32)s1. The molecule has 1 aliphatic heterocycles. The predicted molar refractivity (Wildman–Crippen MR) is 82.7 cm³/mol. The zero-order chi connectivity index (χ0) is 13.9. The van der Waals surface area contributed by atoms with Gasteiger partial charge in [0, 0.05) is 22.1 Å². The first-order valence-electron chi connectivity index (χ1n) is 7.25. The van der Waals surface area contributed by atoms with Crippen LogP contribution >= 0.6 is 11.3 Å². The molecule has 0 spiro atoms. The van der Waals surface area contributed by atoms with E-state index in [1.165, 1.54) is 9.75 Å². The van der Waals surface area contributed by atoms with Crippen molar-refractivity contribution in [3.63, 3.8) is 0 Å². The molecule has 1 aromatic carbocycles. The molecule has 1 aliphatic rings. The van der Waals surface area contributed by atoms with Crippen molar-refractivity contribution in [2.45, 2.75) is 38.2 Å². The summed E-state index contributed by atoms with van der Waals surface area (Å²) in [6.45, 7) is 2.87. The highest BCUT2D eigenvalue weighted by atomic mass is 32.1. The Labute approximate surface area is 124 Å². The van der Waals surface area contributed by atoms with E-state index in [4.69, 9.17) is 4.74 Å². The quantitative estimate of drug-likeness (QED) is 0.927. The maximum atomic E-state index is 10.6. The Hall–Kier alpha value is -1.32. The Kier molecular flexibility index (Phi) is 4.08. The van der Waals surface area contributed by atoms with E-state index < -0.39 is 0 Å². The highest BCUT2D eigenvalue weighted by Crippen LogP contribution is 2.36. The second kappa shape index (κ2) is 5.98. The molecule has 0 amide bonds. The standard InChI is InChI=1S/C17H20O2S/c1-2-12-7-8-13(20-12)11-16(18)14-9-10-19-17-6-4-3-5-15(14)17/h3-8,14,16,18H,2,9-11H2,1H3. The van der Waals surface area contributed by atoms with E-state index >= 15 is 0 Å². The van der Waals surface area contributed by atoms with Crippen LogP contribution in [0.25, 0.3) is 0 Å². The Morgan fingerprint density at radius 2 is 2.05 bits per heavy atom. The number of thiophene rings is 1. The van der Waals surface area contributed by atoms with E-state index in [-0.39, 0.29) is 12.0 Å². The molecule has 0 saturated carbocycles. The van der Waals surface area contributed by atoms with Crippen LogP contribution in [0.5, 0.6) is 5.75 Å². The summed E-state index contributed by atoms with van der Waals surface area (Å²) in [6, 6.07) is 12.4. The van der Waals surface area contributed by atoms with Gasteiger partial charge in [0.1, 0.15) is 5.75 Å². The third-order valence-electron chi connectivity index (χ3n) is 3.95. The number of aliphatic hydroxyl groups excluding tert-OH is 1.